The molecule has 6 heteroatoms. The van der Waals surface area contributed by atoms with Crippen LogP contribution >= 0.6 is 0 Å². The zero-order chi connectivity index (χ0) is 59.2. The molecule has 0 aromatic carbocycles. The Morgan fingerprint density at radius 1 is 0.232 bits per heavy atom. The van der Waals surface area contributed by atoms with Gasteiger partial charge in [-0.3, -0.25) is 14.4 Å². The van der Waals surface area contributed by atoms with Crippen LogP contribution in [0.3, 0.4) is 0 Å². The topological polar surface area (TPSA) is 78.9 Å². The minimum absolute atomic E-state index is 0.0691. The van der Waals surface area contributed by atoms with Crippen molar-refractivity contribution in [3.05, 3.63) is 24.3 Å². The Bertz CT molecular complexity index is 1320. The molecular formula is C76H144O6. The molecule has 0 N–H and O–H groups in total. The van der Waals surface area contributed by atoms with Crippen molar-refractivity contribution in [3.63, 3.8) is 0 Å². The van der Waals surface area contributed by atoms with Crippen LogP contribution in [0.1, 0.15) is 425 Å². The monoisotopic (exact) mass is 1150 g/mol. The number of hydrogen-bond donors (Lipinski definition) is 0. The Hall–Kier alpha value is -2.11. The molecule has 0 radical (unpaired) electrons. The highest BCUT2D eigenvalue weighted by Crippen LogP contribution is 2.19. The molecule has 0 amide bonds. The molecule has 0 saturated heterocycles. The zero-order valence-corrected chi connectivity index (χ0v) is 55.8. The largest absolute Gasteiger partial charge is 0.462 e. The summed E-state index contributed by atoms with van der Waals surface area (Å²) in [5.41, 5.74) is 0. The first-order chi connectivity index (χ1) is 40.5. The number of hydrogen-bond acceptors (Lipinski definition) is 6. The van der Waals surface area contributed by atoms with Crippen molar-refractivity contribution >= 4 is 17.9 Å². The SMILES string of the molecule is CCCCCCC/C=C\CCCCCCCC(=O)OCC(COC(=O)CCCCCCCCCCCCCCCCCCCCCCCCCCCCCCC)OC(=O)CCCCCCCCCCC/C=C\CCCCCCCCCC. The molecule has 484 valence electrons. The van der Waals surface area contributed by atoms with Gasteiger partial charge < -0.3 is 14.2 Å². The van der Waals surface area contributed by atoms with Crippen molar-refractivity contribution in [2.75, 3.05) is 13.2 Å². The van der Waals surface area contributed by atoms with Crippen LogP contribution in [0.4, 0.5) is 0 Å². The molecular weight excluding hydrogens is 1010 g/mol. The third-order valence-electron chi connectivity index (χ3n) is 17.2. The van der Waals surface area contributed by atoms with E-state index < -0.39 is 6.10 Å². The van der Waals surface area contributed by atoms with Crippen molar-refractivity contribution in [2.45, 2.75) is 431 Å². The third kappa shape index (κ3) is 68.7. The average Bonchev–Trinajstić information content (AvgIpc) is 3.48. The molecule has 82 heavy (non-hydrogen) atoms. The van der Waals surface area contributed by atoms with E-state index in [1.165, 1.54) is 321 Å². The predicted molar refractivity (Wildman–Crippen MR) is 358 cm³/mol. The molecule has 0 fully saturated rings. The summed E-state index contributed by atoms with van der Waals surface area (Å²) in [5.74, 6) is -0.848. The molecule has 0 rings (SSSR count). The van der Waals surface area contributed by atoms with Gasteiger partial charge in [0.05, 0.1) is 0 Å². The summed E-state index contributed by atoms with van der Waals surface area (Å²) in [6.45, 7) is 6.71. The summed E-state index contributed by atoms with van der Waals surface area (Å²) in [7, 11) is 0. The molecule has 6 nitrogen and oxygen atoms in total. The summed E-state index contributed by atoms with van der Waals surface area (Å²) in [4.78, 5) is 38.5. The molecule has 0 aliphatic rings. The maximum atomic E-state index is 13.0. The number of allylic oxidation sites excluding steroid dienone is 4. The van der Waals surface area contributed by atoms with E-state index in [1.807, 2.05) is 0 Å². The van der Waals surface area contributed by atoms with Gasteiger partial charge in [-0.15, -0.1) is 0 Å². The van der Waals surface area contributed by atoms with Gasteiger partial charge in [-0.1, -0.05) is 360 Å². The van der Waals surface area contributed by atoms with Gasteiger partial charge in [-0.25, -0.2) is 0 Å². The summed E-state index contributed by atoms with van der Waals surface area (Å²) >= 11 is 0. The maximum absolute atomic E-state index is 13.0. The highest BCUT2D eigenvalue weighted by Gasteiger charge is 2.20. The smallest absolute Gasteiger partial charge is 0.306 e. The summed E-state index contributed by atoms with van der Waals surface area (Å²) in [5, 5.41) is 0. The lowest BCUT2D eigenvalue weighted by Gasteiger charge is -2.18. The highest BCUT2D eigenvalue weighted by atomic mass is 16.6. The number of carbonyl (C=O) groups excluding carboxylic acids is 3. The van der Waals surface area contributed by atoms with E-state index in [2.05, 4.69) is 45.1 Å². The van der Waals surface area contributed by atoms with Crippen LogP contribution in [0.15, 0.2) is 24.3 Å². The van der Waals surface area contributed by atoms with Crippen LogP contribution in [-0.4, -0.2) is 37.2 Å². The molecule has 0 aliphatic carbocycles. The third-order valence-corrected chi connectivity index (χ3v) is 17.2. The molecule has 0 heterocycles. The van der Waals surface area contributed by atoms with Crippen LogP contribution in [0.2, 0.25) is 0 Å². The molecule has 0 aliphatic heterocycles. The van der Waals surface area contributed by atoms with Crippen LogP contribution in [0, 0.1) is 0 Å². The fourth-order valence-corrected chi connectivity index (χ4v) is 11.6. The molecule has 1 atom stereocenters. The van der Waals surface area contributed by atoms with E-state index in [4.69, 9.17) is 14.2 Å². The second-order valence-corrected chi connectivity index (χ2v) is 25.6. The normalized spacial score (nSPS) is 12.1. The zero-order valence-electron chi connectivity index (χ0n) is 55.8. The Labute approximate surface area is 513 Å². The van der Waals surface area contributed by atoms with E-state index in [9.17, 15) is 14.4 Å². The number of rotatable bonds is 70. The van der Waals surface area contributed by atoms with E-state index in [-0.39, 0.29) is 31.1 Å². The van der Waals surface area contributed by atoms with Crippen LogP contribution < -0.4 is 0 Å². The van der Waals surface area contributed by atoms with Gasteiger partial charge in [0.25, 0.3) is 0 Å². The Morgan fingerprint density at radius 2 is 0.402 bits per heavy atom. The summed E-state index contributed by atoms with van der Waals surface area (Å²) in [6, 6.07) is 0. The van der Waals surface area contributed by atoms with Crippen LogP contribution in [0.25, 0.3) is 0 Å². The minimum Gasteiger partial charge on any atom is -0.462 e. The first kappa shape index (κ1) is 79.9. The van der Waals surface area contributed by atoms with Crippen LogP contribution in [0.5, 0.6) is 0 Å². The lowest BCUT2D eigenvalue weighted by Crippen LogP contribution is -2.30. The van der Waals surface area contributed by atoms with Crippen molar-refractivity contribution in [1.29, 1.82) is 0 Å². The second-order valence-electron chi connectivity index (χ2n) is 25.6. The van der Waals surface area contributed by atoms with E-state index in [0.29, 0.717) is 19.3 Å². The van der Waals surface area contributed by atoms with Gasteiger partial charge in [-0.2, -0.15) is 0 Å². The Balaban J connectivity index is 4.19. The summed E-state index contributed by atoms with van der Waals surface area (Å²) in [6.07, 6.45) is 88.0. The van der Waals surface area contributed by atoms with E-state index in [0.717, 1.165) is 64.2 Å². The maximum Gasteiger partial charge on any atom is 0.306 e. The summed E-state index contributed by atoms with van der Waals surface area (Å²) < 4.78 is 17.0. The standard InChI is InChI=1S/C76H144O6/c1-4-7-10-13-16-19-22-25-28-30-32-34-35-36-37-38-39-40-41-43-44-46-48-51-54-57-60-63-66-69-75(78)81-72-73(71-80-74(77)68-65-62-59-56-53-50-27-24-21-18-15-12-9-6-3)82-76(79)70-67-64-61-58-55-52-49-47-45-42-33-31-29-26-23-20-17-14-11-8-5-2/h24,27,31,33,73H,4-23,25-26,28-30,32,34-72H2,1-3H3/b27-24-,33-31-. The fraction of sp³-hybridized carbons (Fsp3) is 0.908. The number of esters is 3. The quantitative estimate of drug-likeness (QED) is 0.0261. The highest BCUT2D eigenvalue weighted by molar-refractivity contribution is 5.71. The number of carbonyl (C=O) groups is 3. The molecule has 0 spiro atoms. The van der Waals surface area contributed by atoms with Gasteiger partial charge in [0, 0.05) is 19.3 Å². The van der Waals surface area contributed by atoms with Crippen molar-refractivity contribution in [2.24, 2.45) is 0 Å². The fourth-order valence-electron chi connectivity index (χ4n) is 11.6. The molecule has 1 unspecified atom stereocenters. The molecule has 0 aromatic heterocycles. The van der Waals surface area contributed by atoms with Gasteiger partial charge in [-0.05, 0) is 70.6 Å². The first-order valence-corrected chi connectivity index (χ1v) is 37.3. The number of unbranched alkanes of at least 4 members (excludes halogenated alkanes) is 55. The average molecular weight is 1150 g/mol. The molecule has 0 bridgehead atoms. The van der Waals surface area contributed by atoms with Gasteiger partial charge in [0.15, 0.2) is 6.10 Å². The van der Waals surface area contributed by atoms with Gasteiger partial charge in [0.2, 0.25) is 0 Å². The predicted octanol–water partition coefficient (Wildman–Crippen LogP) is 25.7. The van der Waals surface area contributed by atoms with Crippen LogP contribution in [-0.2, 0) is 28.6 Å². The van der Waals surface area contributed by atoms with E-state index >= 15 is 0 Å². The van der Waals surface area contributed by atoms with Gasteiger partial charge >= 0.3 is 17.9 Å². The minimum atomic E-state index is -0.774. The van der Waals surface area contributed by atoms with Crippen molar-refractivity contribution in [1.82, 2.24) is 0 Å². The Kier molecular flexibility index (Phi) is 69.5. The second kappa shape index (κ2) is 71.4. The van der Waals surface area contributed by atoms with E-state index in [1.54, 1.807) is 0 Å². The lowest BCUT2D eigenvalue weighted by atomic mass is 10.0. The van der Waals surface area contributed by atoms with Crippen molar-refractivity contribution in [3.8, 4) is 0 Å². The molecule has 0 saturated carbocycles. The first-order valence-electron chi connectivity index (χ1n) is 37.3. The number of ether oxygens (including phenoxy) is 3. The Morgan fingerprint density at radius 3 is 0.610 bits per heavy atom. The van der Waals surface area contributed by atoms with Crippen molar-refractivity contribution < 1.29 is 28.6 Å². The van der Waals surface area contributed by atoms with Gasteiger partial charge in [0.1, 0.15) is 13.2 Å². The molecule has 0 aromatic rings. The lowest BCUT2D eigenvalue weighted by molar-refractivity contribution is -0.167.